The van der Waals surface area contributed by atoms with E-state index in [0.717, 1.165) is 40.4 Å². The second kappa shape index (κ2) is 8.19. The van der Waals surface area contributed by atoms with Crippen molar-refractivity contribution in [3.8, 4) is 16.3 Å². The van der Waals surface area contributed by atoms with E-state index in [0.29, 0.717) is 15.9 Å². The zero-order valence-electron chi connectivity index (χ0n) is 15.6. The Balaban J connectivity index is 1.89. The molecule has 8 nitrogen and oxygen atoms in total. The molecule has 0 unspecified atom stereocenters. The number of carbonyl (C=O) groups is 1. The molecule has 3 aromatic heterocycles. The van der Waals surface area contributed by atoms with Crippen LogP contribution in [0.2, 0.25) is 0 Å². The number of hydrogen-bond donors (Lipinski definition) is 1. The topological polar surface area (TPSA) is 93.1 Å². The fraction of sp³-hybridized carbons (Fsp3) is 0.278. The first-order valence-corrected chi connectivity index (χ1v) is 9.03. The molecule has 0 radical (unpaired) electrons. The predicted octanol–water partition coefficient (Wildman–Crippen LogP) is 2.63. The van der Waals surface area contributed by atoms with E-state index >= 15 is 0 Å². The van der Waals surface area contributed by atoms with Gasteiger partial charge in [-0.05, 0) is 50.1 Å². The van der Waals surface area contributed by atoms with E-state index < -0.39 is 0 Å². The molecule has 0 fully saturated rings. The van der Waals surface area contributed by atoms with Crippen LogP contribution in [0, 0.1) is 6.92 Å². The number of methoxy groups -OCH3 is 1. The molecule has 0 aliphatic carbocycles. The minimum absolute atomic E-state index is 0.311. The van der Waals surface area contributed by atoms with Crippen LogP contribution in [0.25, 0.3) is 11.1 Å². The smallest absolute Gasteiger partial charge is 0.295 e. The summed E-state index contributed by atoms with van der Waals surface area (Å²) in [4.78, 5) is 23.6. The van der Waals surface area contributed by atoms with Crippen molar-refractivity contribution in [2.24, 2.45) is 0 Å². The summed E-state index contributed by atoms with van der Waals surface area (Å²) >= 11 is 1.15. The van der Waals surface area contributed by atoms with Crippen molar-refractivity contribution in [3.63, 3.8) is 0 Å². The summed E-state index contributed by atoms with van der Waals surface area (Å²) in [5.41, 5.74) is 3.83. The molecule has 3 heterocycles. The number of rotatable bonds is 6. The van der Waals surface area contributed by atoms with Crippen LogP contribution in [0.4, 0.5) is 5.13 Å². The lowest BCUT2D eigenvalue weighted by molar-refractivity contribution is 0.102. The lowest BCUT2D eigenvalue weighted by Crippen LogP contribution is -2.14. The summed E-state index contributed by atoms with van der Waals surface area (Å²) < 4.78 is 5.00. The van der Waals surface area contributed by atoms with Crippen LogP contribution in [-0.4, -0.2) is 52.2 Å². The molecule has 1 N–H and O–H groups in total. The summed E-state index contributed by atoms with van der Waals surface area (Å²) in [5, 5.41) is 11.2. The van der Waals surface area contributed by atoms with Gasteiger partial charge in [-0.15, -0.1) is 5.10 Å². The Bertz CT molecular complexity index is 939. The van der Waals surface area contributed by atoms with Gasteiger partial charge in [-0.1, -0.05) is 11.2 Å². The Hall–Kier alpha value is -2.91. The Morgan fingerprint density at radius 1 is 1.22 bits per heavy atom. The number of nitrogens with zero attached hydrogens (tertiary/aromatic N) is 5. The van der Waals surface area contributed by atoms with E-state index in [1.807, 2.05) is 44.1 Å². The van der Waals surface area contributed by atoms with Gasteiger partial charge in [0.25, 0.3) is 11.1 Å². The lowest BCUT2D eigenvalue weighted by Gasteiger charge is -2.12. The SMILES string of the molecule is COc1nnc(NC(=O)c2cnc(C)cc2-c2ccc(CN(C)C)nc2)s1. The molecule has 3 rings (SSSR count). The van der Waals surface area contributed by atoms with Gasteiger partial charge in [0.2, 0.25) is 5.13 Å². The minimum atomic E-state index is -0.311. The number of aryl methyl sites for hydroxylation is 1. The molecule has 27 heavy (non-hydrogen) atoms. The average Bonchev–Trinajstić information content (AvgIpc) is 3.09. The normalized spacial score (nSPS) is 10.9. The van der Waals surface area contributed by atoms with Gasteiger partial charge in [0.15, 0.2) is 0 Å². The van der Waals surface area contributed by atoms with E-state index in [2.05, 4.69) is 25.5 Å². The molecule has 0 aliphatic heterocycles. The van der Waals surface area contributed by atoms with E-state index in [1.165, 1.54) is 7.11 Å². The van der Waals surface area contributed by atoms with Crippen LogP contribution < -0.4 is 10.1 Å². The second-order valence-corrected chi connectivity index (χ2v) is 7.12. The van der Waals surface area contributed by atoms with Gasteiger partial charge in [-0.2, -0.15) is 0 Å². The molecule has 0 saturated carbocycles. The molecule has 0 atom stereocenters. The van der Waals surface area contributed by atoms with E-state index in [1.54, 1.807) is 12.4 Å². The van der Waals surface area contributed by atoms with Gasteiger partial charge in [-0.25, -0.2) is 0 Å². The fourth-order valence-electron chi connectivity index (χ4n) is 2.49. The first-order chi connectivity index (χ1) is 13.0. The third-order valence-electron chi connectivity index (χ3n) is 3.70. The van der Waals surface area contributed by atoms with Crippen molar-refractivity contribution in [1.82, 2.24) is 25.1 Å². The van der Waals surface area contributed by atoms with Crippen molar-refractivity contribution in [3.05, 3.63) is 47.5 Å². The molecule has 0 spiro atoms. The molecule has 1 amide bonds. The van der Waals surface area contributed by atoms with Gasteiger partial charge in [0, 0.05) is 30.2 Å². The number of anilines is 1. The number of aromatic nitrogens is 4. The van der Waals surface area contributed by atoms with Crippen molar-refractivity contribution in [2.75, 3.05) is 26.5 Å². The molecular formula is C18H20N6O2S. The maximum atomic E-state index is 12.7. The van der Waals surface area contributed by atoms with Gasteiger partial charge >= 0.3 is 0 Å². The second-order valence-electron chi connectivity index (χ2n) is 6.18. The molecule has 0 bridgehead atoms. The third kappa shape index (κ3) is 4.63. The van der Waals surface area contributed by atoms with Crippen LogP contribution in [0.1, 0.15) is 21.7 Å². The molecular weight excluding hydrogens is 364 g/mol. The zero-order valence-corrected chi connectivity index (χ0v) is 16.4. The van der Waals surface area contributed by atoms with Crippen molar-refractivity contribution in [2.45, 2.75) is 13.5 Å². The Kier molecular flexibility index (Phi) is 5.72. The molecule has 3 aromatic rings. The average molecular weight is 384 g/mol. The highest BCUT2D eigenvalue weighted by molar-refractivity contribution is 7.17. The number of carbonyl (C=O) groups excluding carboxylic acids is 1. The number of ether oxygens (including phenoxy) is 1. The minimum Gasteiger partial charge on any atom is -0.472 e. The van der Waals surface area contributed by atoms with E-state index in [-0.39, 0.29) is 5.91 Å². The number of pyridine rings is 2. The summed E-state index contributed by atoms with van der Waals surface area (Å²) in [6, 6.07) is 5.80. The molecule has 0 aromatic carbocycles. The largest absolute Gasteiger partial charge is 0.472 e. The van der Waals surface area contributed by atoms with Crippen molar-refractivity contribution >= 4 is 22.4 Å². The van der Waals surface area contributed by atoms with E-state index in [4.69, 9.17) is 4.74 Å². The number of amides is 1. The van der Waals surface area contributed by atoms with Crippen LogP contribution in [0.15, 0.2) is 30.6 Å². The molecule has 9 heteroatoms. The number of nitrogens with one attached hydrogen (secondary N) is 1. The standard InChI is InChI=1S/C18H20N6O2S/c1-11-7-14(12-5-6-13(20-8-12)10-24(2)3)15(9-19-11)16(25)21-17-22-23-18(26-4)27-17/h5-9H,10H2,1-4H3,(H,21,22,25). The Morgan fingerprint density at radius 2 is 2.04 bits per heavy atom. The fourth-order valence-corrected chi connectivity index (χ4v) is 3.04. The van der Waals surface area contributed by atoms with E-state index in [9.17, 15) is 4.79 Å². The van der Waals surface area contributed by atoms with Gasteiger partial charge < -0.3 is 9.64 Å². The zero-order chi connectivity index (χ0) is 19.4. The van der Waals surface area contributed by atoms with Gasteiger partial charge in [0.1, 0.15) is 0 Å². The highest BCUT2D eigenvalue weighted by Crippen LogP contribution is 2.26. The maximum Gasteiger partial charge on any atom is 0.295 e. The molecule has 0 aliphatic rings. The van der Waals surface area contributed by atoms with Crippen LogP contribution >= 0.6 is 11.3 Å². The van der Waals surface area contributed by atoms with Crippen LogP contribution in [0.5, 0.6) is 5.19 Å². The highest BCUT2D eigenvalue weighted by Gasteiger charge is 2.17. The number of hydrogen-bond acceptors (Lipinski definition) is 8. The molecule has 140 valence electrons. The Labute approximate surface area is 161 Å². The third-order valence-corrected chi connectivity index (χ3v) is 4.50. The van der Waals surface area contributed by atoms with Gasteiger partial charge in [0.05, 0.1) is 18.4 Å². The first-order valence-electron chi connectivity index (χ1n) is 8.22. The molecule has 0 saturated heterocycles. The monoisotopic (exact) mass is 384 g/mol. The van der Waals surface area contributed by atoms with Crippen molar-refractivity contribution in [1.29, 1.82) is 0 Å². The van der Waals surface area contributed by atoms with Gasteiger partial charge in [-0.3, -0.25) is 20.1 Å². The summed E-state index contributed by atoms with van der Waals surface area (Å²) in [7, 11) is 5.49. The summed E-state index contributed by atoms with van der Waals surface area (Å²) in [6.07, 6.45) is 3.34. The van der Waals surface area contributed by atoms with Crippen LogP contribution in [0.3, 0.4) is 0 Å². The summed E-state index contributed by atoms with van der Waals surface area (Å²) in [6.45, 7) is 2.64. The first kappa shape index (κ1) is 18.9. The predicted molar refractivity (Wildman–Crippen MR) is 104 cm³/mol. The lowest BCUT2D eigenvalue weighted by atomic mass is 10.0. The maximum absolute atomic E-state index is 12.7. The highest BCUT2D eigenvalue weighted by atomic mass is 32.1. The quantitative estimate of drug-likeness (QED) is 0.698. The Morgan fingerprint density at radius 3 is 2.67 bits per heavy atom. The summed E-state index contributed by atoms with van der Waals surface area (Å²) in [5.74, 6) is -0.311. The van der Waals surface area contributed by atoms with Crippen molar-refractivity contribution < 1.29 is 9.53 Å². The van der Waals surface area contributed by atoms with Crippen LogP contribution in [-0.2, 0) is 6.54 Å².